The highest BCUT2D eigenvalue weighted by Crippen LogP contribution is 2.35. The molecule has 2 aromatic heterocycles. The van der Waals surface area contributed by atoms with Crippen LogP contribution in [0.2, 0.25) is 0 Å². The van der Waals surface area contributed by atoms with Crippen LogP contribution in [0.1, 0.15) is 59.1 Å². The van der Waals surface area contributed by atoms with Gasteiger partial charge in [-0.15, -0.1) is 10.2 Å². The Morgan fingerprint density at radius 1 is 1.21 bits per heavy atom. The third kappa shape index (κ3) is 3.06. The quantitative estimate of drug-likeness (QED) is 0.730. The van der Waals surface area contributed by atoms with Gasteiger partial charge in [0, 0.05) is 16.8 Å². The van der Waals surface area contributed by atoms with Gasteiger partial charge in [0.25, 0.3) is 5.91 Å². The predicted molar refractivity (Wildman–Crippen MR) is 96.7 cm³/mol. The molecule has 5 nitrogen and oxygen atoms in total. The second-order valence-corrected chi connectivity index (χ2v) is 7.52. The van der Waals surface area contributed by atoms with Gasteiger partial charge in [0.05, 0.1) is 0 Å². The molecule has 1 saturated carbocycles. The molecule has 0 atom stereocenters. The van der Waals surface area contributed by atoms with E-state index in [1.165, 1.54) is 49.0 Å². The molecule has 0 bridgehead atoms. The van der Waals surface area contributed by atoms with Crippen LogP contribution in [0, 0.1) is 6.92 Å². The summed E-state index contributed by atoms with van der Waals surface area (Å²) in [6, 6.07) is 7.96. The highest BCUT2D eigenvalue weighted by atomic mass is 32.1. The van der Waals surface area contributed by atoms with Gasteiger partial charge in [0.1, 0.15) is 10.7 Å². The standard InChI is InChI=1S/C18H20N4OS/c1-11-7-8-14-13(9-11)10-15(19-14)16(23)20-18-22-21-17(24-18)12-5-3-2-4-6-12/h7-10,12,19H,2-6H2,1H3,(H,20,22,23). The molecule has 0 saturated heterocycles. The summed E-state index contributed by atoms with van der Waals surface area (Å²) in [5.41, 5.74) is 2.69. The number of nitrogens with one attached hydrogen (secondary N) is 2. The van der Waals surface area contributed by atoms with Gasteiger partial charge in [-0.25, -0.2) is 0 Å². The van der Waals surface area contributed by atoms with Crippen LogP contribution in [0.25, 0.3) is 10.9 Å². The van der Waals surface area contributed by atoms with Crippen LogP contribution in [-0.4, -0.2) is 21.1 Å². The fourth-order valence-corrected chi connectivity index (χ4v) is 4.25. The normalized spacial score (nSPS) is 15.7. The fraction of sp³-hybridized carbons (Fsp3) is 0.389. The average Bonchev–Trinajstić information content (AvgIpc) is 3.22. The minimum Gasteiger partial charge on any atom is -0.351 e. The maximum Gasteiger partial charge on any atom is 0.273 e. The van der Waals surface area contributed by atoms with E-state index in [0.717, 1.165) is 15.9 Å². The van der Waals surface area contributed by atoms with Gasteiger partial charge in [-0.1, -0.05) is 42.2 Å². The number of amides is 1. The molecule has 3 aromatic rings. The smallest absolute Gasteiger partial charge is 0.273 e. The minimum atomic E-state index is -0.171. The number of nitrogens with zero attached hydrogens (tertiary/aromatic N) is 2. The number of carbonyl (C=O) groups excluding carboxylic acids is 1. The second kappa shape index (κ2) is 6.36. The first kappa shape index (κ1) is 15.3. The van der Waals surface area contributed by atoms with E-state index in [2.05, 4.69) is 26.6 Å². The van der Waals surface area contributed by atoms with E-state index in [-0.39, 0.29) is 5.91 Å². The Labute approximate surface area is 144 Å². The molecule has 124 valence electrons. The Morgan fingerprint density at radius 2 is 2.04 bits per heavy atom. The summed E-state index contributed by atoms with van der Waals surface area (Å²) in [5.74, 6) is 0.341. The Kier molecular flexibility index (Phi) is 4.06. The first-order valence-corrected chi connectivity index (χ1v) is 9.25. The summed E-state index contributed by atoms with van der Waals surface area (Å²) < 4.78 is 0. The van der Waals surface area contributed by atoms with Crippen LogP contribution >= 0.6 is 11.3 Å². The number of rotatable bonds is 3. The number of aromatic nitrogens is 3. The van der Waals surface area contributed by atoms with Crippen molar-refractivity contribution in [2.45, 2.75) is 44.9 Å². The number of H-pyrrole nitrogens is 1. The number of hydrogen-bond acceptors (Lipinski definition) is 4. The molecule has 0 aliphatic heterocycles. The molecule has 0 unspecified atom stereocenters. The van der Waals surface area contributed by atoms with Crippen molar-refractivity contribution in [3.8, 4) is 0 Å². The van der Waals surface area contributed by atoms with E-state index in [1.54, 1.807) is 0 Å². The Balaban J connectivity index is 1.49. The number of hydrogen-bond donors (Lipinski definition) is 2. The highest BCUT2D eigenvalue weighted by molar-refractivity contribution is 7.15. The topological polar surface area (TPSA) is 70.7 Å². The van der Waals surface area contributed by atoms with Crippen LogP contribution in [0.15, 0.2) is 24.3 Å². The highest BCUT2D eigenvalue weighted by Gasteiger charge is 2.20. The second-order valence-electron chi connectivity index (χ2n) is 6.51. The van der Waals surface area contributed by atoms with E-state index in [1.807, 2.05) is 25.1 Å². The number of benzene rings is 1. The van der Waals surface area contributed by atoms with Crippen LogP contribution in [0.4, 0.5) is 5.13 Å². The van der Waals surface area contributed by atoms with Crippen LogP contribution in [-0.2, 0) is 0 Å². The summed E-state index contributed by atoms with van der Waals surface area (Å²) in [5, 5.41) is 14.0. The van der Waals surface area contributed by atoms with Gasteiger partial charge in [-0.3, -0.25) is 10.1 Å². The van der Waals surface area contributed by atoms with Crippen LogP contribution < -0.4 is 5.32 Å². The van der Waals surface area contributed by atoms with Gasteiger partial charge in [-0.05, 0) is 38.0 Å². The number of fused-ring (bicyclic) bond motifs is 1. The van der Waals surface area contributed by atoms with Crippen molar-refractivity contribution in [1.82, 2.24) is 15.2 Å². The lowest BCUT2D eigenvalue weighted by atomic mass is 9.90. The lowest BCUT2D eigenvalue weighted by Gasteiger charge is -2.18. The maximum absolute atomic E-state index is 12.5. The van der Waals surface area contributed by atoms with Gasteiger partial charge < -0.3 is 4.98 Å². The zero-order valence-corrected chi connectivity index (χ0v) is 14.4. The predicted octanol–water partition coefficient (Wildman–Crippen LogP) is 4.63. The number of carbonyl (C=O) groups is 1. The molecule has 2 N–H and O–H groups in total. The third-order valence-corrected chi connectivity index (χ3v) is 5.64. The number of anilines is 1. The zero-order chi connectivity index (χ0) is 16.5. The van der Waals surface area contributed by atoms with Crippen molar-refractivity contribution in [3.05, 3.63) is 40.5 Å². The summed E-state index contributed by atoms with van der Waals surface area (Å²) in [7, 11) is 0. The molecule has 1 amide bonds. The summed E-state index contributed by atoms with van der Waals surface area (Å²) >= 11 is 1.50. The minimum absolute atomic E-state index is 0.171. The van der Waals surface area contributed by atoms with E-state index in [0.29, 0.717) is 16.7 Å². The summed E-state index contributed by atoms with van der Waals surface area (Å²) in [4.78, 5) is 15.6. The molecule has 24 heavy (non-hydrogen) atoms. The Bertz CT molecular complexity index is 876. The molecule has 1 fully saturated rings. The van der Waals surface area contributed by atoms with Crippen molar-refractivity contribution in [1.29, 1.82) is 0 Å². The van der Waals surface area contributed by atoms with Crippen molar-refractivity contribution in [3.63, 3.8) is 0 Å². The van der Waals surface area contributed by atoms with E-state index >= 15 is 0 Å². The SMILES string of the molecule is Cc1ccc2[nH]c(C(=O)Nc3nnc(C4CCCCC4)s3)cc2c1. The summed E-state index contributed by atoms with van der Waals surface area (Å²) in [6.07, 6.45) is 6.22. The molecule has 1 aliphatic carbocycles. The first-order chi connectivity index (χ1) is 11.7. The average molecular weight is 340 g/mol. The summed E-state index contributed by atoms with van der Waals surface area (Å²) in [6.45, 7) is 2.04. The zero-order valence-electron chi connectivity index (χ0n) is 13.6. The van der Waals surface area contributed by atoms with Crippen molar-refractivity contribution < 1.29 is 4.79 Å². The van der Waals surface area contributed by atoms with E-state index in [9.17, 15) is 4.79 Å². The fourth-order valence-electron chi connectivity index (χ4n) is 3.34. The van der Waals surface area contributed by atoms with Crippen LogP contribution in [0.5, 0.6) is 0 Å². The van der Waals surface area contributed by atoms with Gasteiger partial charge in [0.2, 0.25) is 5.13 Å². The molecule has 0 radical (unpaired) electrons. The van der Waals surface area contributed by atoms with Crippen molar-refractivity contribution >= 4 is 33.3 Å². The van der Waals surface area contributed by atoms with E-state index < -0.39 is 0 Å². The third-order valence-electron chi connectivity index (χ3n) is 4.64. The Hall–Kier alpha value is -2.21. The molecular weight excluding hydrogens is 320 g/mol. The molecular formula is C18H20N4OS. The molecule has 1 aromatic carbocycles. The lowest BCUT2D eigenvalue weighted by Crippen LogP contribution is -2.11. The number of aryl methyl sites for hydroxylation is 1. The maximum atomic E-state index is 12.5. The van der Waals surface area contributed by atoms with Crippen molar-refractivity contribution in [2.75, 3.05) is 5.32 Å². The molecule has 6 heteroatoms. The number of aromatic amines is 1. The molecule has 1 aliphatic rings. The van der Waals surface area contributed by atoms with Crippen LogP contribution in [0.3, 0.4) is 0 Å². The monoisotopic (exact) mass is 340 g/mol. The van der Waals surface area contributed by atoms with Gasteiger partial charge in [0.15, 0.2) is 0 Å². The lowest BCUT2D eigenvalue weighted by molar-refractivity contribution is 0.102. The largest absolute Gasteiger partial charge is 0.351 e. The van der Waals surface area contributed by atoms with Crippen molar-refractivity contribution in [2.24, 2.45) is 0 Å². The van der Waals surface area contributed by atoms with E-state index in [4.69, 9.17) is 0 Å². The molecule has 4 rings (SSSR count). The van der Waals surface area contributed by atoms with Gasteiger partial charge in [-0.2, -0.15) is 0 Å². The first-order valence-electron chi connectivity index (χ1n) is 8.43. The Morgan fingerprint density at radius 3 is 2.88 bits per heavy atom. The van der Waals surface area contributed by atoms with Gasteiger partial charge >= 0.3 is 0 Å². The molecule has 0 spiro atoms. The molecule has 2 heterocycles.